The second-order valence-corrected chi connectivity index (χ2v) is 4.03. The van der Waals surface area contributed by atoms with Crippen LogP contribution in [0.5, 0.6) is 0 Å². The lowest BCUT2D eigenvalue weighted by Crippen LogP contribution is -1.98. The number of hydrogen-bond acceptors (Lipinski definition) is 2. The van der Waals surface area contributed by atoms with Crippen molar-refractivity contribution in [1.29, 1.82) is 0 Å². The maximum Gasteiger partial charge on any atom is 0.305 e. The zero-order valence-corrected chi connectivity index (χ0v) is 10.5. The lowest BCUT2D eigenvalue weighted by Gasteiger charge is -1.95. The van der Waals surface area contributed by atoms with E-state index in [9.17, 15) is 4.79 Å². The molecule has 0 aromatic carbocycles. The van der Waals surface area contributed by atoms with Crippen molar-refractivity contribution in [3.05, 3.63) is 28.0 Å². The molecule has 0 bridgehead atoms. The van der Waals surface area contributed by atoms with Crippen LogP contribution in [0.4, 0.5) is 0 Å². The number of allylic oxidation sites excluding steroid dienone is 3. The highest BCUT2D eigenvalue weighted by molar-refractivity contribution is 14.1. The lowest BCUT2D eigenvalue weighted by molar-refractivity contribution is -0.140. The Morgan fingerprint density at radius 1 is 1.57 bits per heavy atom. The molecular formula is C11H15IO2. The van der Waals surface area contributed by atoms with Crippen LogP contribution in [-0.2, 0) is 9.53 Å². The van der Waals surface area contributed by atoms with E-state index in [0.717, 1.165) is 22.8 Å². The third-order valence-corrected chi connectivity index (χ3v) is 2.46. The molecule has 2 nitrogen and oxygen atoms in total. The van der Waals surface area contributed by atoms with Crippen molar-refractivity contribution in [3.8, 4) is 0 Å². The zero-order chi connectivity index (χ0) is 10.8. The number of hydrogen-bond donors (Lipinski definition) is 0. The highest BCUT2D eigenvalue weighted by Crippen LogP contribution is 2.09. The fraction of sp³-hybridized carbons (Fsp3) is 0.455. The van der Waals surface area contributed by atoms with Crippen LogP contribution in [-0.4, -0.2) is 13.1 Å². The van der Waals surface area contributed by atoms with E-state index in [-0.39, 0.29) is 5.97 Å². The van der Waals surface area contributed by atoms with Gasteiger partial charge in [0.2, 0.25) is 0 Å². The van der Waals surface area contributed by atoms with Gasteiger partial charge in [0.15, 0.2) is 0 Å². The molecule has 14 heavy (non-hydrogen) atoms. The van der Waals surface area contributed by atoms with Crippen LogP contribution in [0.3, 0.4) is 0 Å². The van der Waals surface area contributed by atoms with Crippen molar-refractivity contribution in [2.24, 2.45) is 0 Å². The van der Waals surface area contributed by atoms with E-state index in [1.807, 2.05) is 0 Å². The molecule has 78 valence electrons. The first-order valence-corrected chi connectivity index (χ1v) is 5.54. The average molecular weight is 306 g/mol. The highest BCUT2D eigenvalue weighted by atomic mass is 127. The van der Waals surface area contributed by atoms with E-state index in [4.69, 9.17) is 0 Å². The molecule has 0 aliphatic heterocycles. The molecule has 0 heterocycles. The Bertz CT molecular complexity index is 250. The molecule has 0 fully saturated rings. The molecule has 0 rings (SSSR count). The molecule has 0 N–H and O–H groups in total. The van der Waals surface area contributed by atoms with Crippen molar-refractivity contribution in [2.45, 2.75) is 25.7 Å². The fourth-order valence-corrected chi connectivity index (χ4v) is 1.10. The summed E-state index contributed by atoms with van der Waals surface area (Å²) in [6.45, 7) is 3.55. The van der Waals surface area contributed by atoms with Crippen molar-refractivity contribution < 1.29 is 9.53 Å². The van der Waals surface area contributed by atoms with Gasteiger partial charge >= 0.3 is 5.97 Å². The normalized spacial score (nSPS) is 9.86. The predicted molar refractivity (Wildman–Crippen MR) is 66.3 cm³/mol. The second-order valence-electron chi connectivity index (χ2n) is 2.73. The molecule has 0 aromatic rings. The van der Waals surface area contributed by atoms with Gasteiger partial charge in [-0.05, 0) is 35.4 Å². The summed E-state index contributed by atoms with van der Waals surface area (Å²) < 4.78 is 5.63. The summed E-state index contributed by atoms with van der Waals surface area (Å²) in [5.74, 6) is -0.140. The number of rotatable bonds is 6. The largest absolute Gasteiger partial charge is 0.469 e. The minimum Gasteiger partial charge on any atom is -0.469 e. The summed E-state index contributed by atoms with van der Waals surface area (Å²) in [7, 11) is 1.41. The molecule has 0 radical (unpaired) electrons. The third kappa shape index (κ3) is 8.08. The molecule has 0 saturated heterocycles. The molecule has 0 aromatic heterocycles. The van der Waals surface area contributed by atoms with Gasteiger partial charge in [-0.3, -0.25) is 4.79 Å². The van der Waals surface area contributed by atoms with E-state index in [0.29, 0.717) is 6.42 Å². The first-order chi connectivity index (χ1) is 6.70. The summed E-state index contributed by atoms with van der Waals surface area (Å²) in [5, 5.41) is 0. The van der Waals surface area contributed by atoms with E-state index < -0.39 is 0 Å². The smallest absolute Gasteiger partial charge is 0.305 e. The van der Waals surface area contributed by atoms with Crippen molar-refractivity contribution in [1.82, 2.24) is 0 Å². The van der Waals surface area contributed by atoms with Gasteiger partial charge in [0.05, 0.1) is 7.11 Å². The van der Waals surface area contributed by atoms with Gasteiger partial charge in [-0.1, -0.05) is 18.7 Å². The van der Waals surface area contributed by atoms with Crippen LogP contribution < -0.4 is 0 Å². The first-order valence-electron chi connectivity index (χ1n) is 4.47. The number of esters is 1. The van der Waals surface area contributed by atoms with Gasteiger partial charge < -0.3 is 4.74 Å². The lowest BCUT2D eigenvalue weighted by atomic mass is 10.2. The molecule has 0 aliphatic carbocycles. The summed E-state index contributed by atoms with van der Waals surface area (Å²) in [4.78, 5) is 10.7. The van der Waals surface area contributed by atoms with Crippen LogP contribution in [0.2, 0.25) is 0 Å². The van der Waals surface area contributed by atoms with Gasteiger partial charge in [-0.2, -0.15) is 0 Å². The van der Waals surface area contributed by atoms with Crippen molar-refractivity contribution in [3.63, 3.8) is 0 Å². The maximum absolute atomic E-state index is 10.7. The highest BCUT2D eigenvalue weighted by Gasteiger charge is 1.96. The minimum absolute atomic E-state index is 0.140. The van der Waals surface area contributed by atoms with Crippen molar-refractivity contribution in [2.75, 3.05) is 7.11 Å². The summed E-state index contributed by atoms with van der Waals surface area (Å²) in [6, 6.07) is 0. The number of unbranched alkanes of at least 4 members (excludes halogenated alkanes) is 1. The third-order valence-electron chi connectivity index (χ3n) is 1.63. The summed E-state index contributed by atoms with van der Waals surface area (Å²) in [5.41, 5.74) is 2.81. The number of methoxy groups -OCH3 is 1. The van der Waals surface area contributed by atoms with E-state index in [1.54, 1.807) is 0 Å². The Morgan fingerprint density at radius 3 is 2.86 bits per heavy atom. The summed E-state index contributed by atoms with van der Waals surface area (Å²) in [6.07, 6.45) is 7.27. The second kappa shape index (κ2) is 9.03. The minimum atomic E-state index is -0.140. The Balaban J connectivity index is 3.45. The van der Waals surface area contributed by atoms with Gasteiger partial charge in [-0.25, -0.2) is 0 Å². The zero-order valence-electron chi connectivity index (χ0n) is 8.38. The SMILES string of the molecule is C=C=C(I)C/C=C\CCCC(=O)OC. The van der Waals surface area contributed by atoms with Crippen LogP contribution in [0.15, 0.2) is 28.0 Å². The van der Waals surface area contributed by atoms with Crippen LogP contribution in [0.25, 0.3) is 0 Å². The Kier molecular flexibility index (Phi) is 8.68. The van der Waals surface area contributed by atoms with E-state index in [2.05, 4.69) is 51.8 Å². The predicted octanol–water partition coefficient (Wildman–Crippen LogP) is 3.38. The molecule has 0 spiro atoms. The average Bonchev–Trinajstić information content (AvgIpc) is 2.22. The molecule has 0 unspecified atom stereocenters. The Labute approximate surface area is 98.9 Å². The fourth-order valence-electron chi connectivity index (χ4n) is 0.843. The van der Waals surface area contributed by atoms with Crippen molar-refractivity contribution >= 4 is 28.6 Å². The number of carbonyl (C=O) groups is 1. The van der Waals surface area contributed by atoms with E-state index in [1.165, 1.54) is 7.11 Å². The maximum atomic E-state index is 10.7. The Morgan fingerprint density at radius 2 is 2.29 bits per heavy atom. The number of halogens is 1. The first kappa shape index (κ1) is 13.5. The van der Waals surface area contributed by atoms with Gasteiger partial charge in [0.25, 0.3) is 0 Å². The number of carbonyl (C=O) groups excluding carboxylic acids is 1. The van der Waals surface area contributed by atoms with Crippen LogP contribution >= 0.6 is 22.6 Å². The quantitative estimate of drug-likeness (QED) is 0.247. The van der Waals surface area contributed by atoms with Crippen LogP contribution in [0, 0.1) is 0 Å². The molecular weight excluding hydrogens is 291 g/mol. The van der Waals surface area contributed by atoms with Gasteiger partial charge in [-0.15, -0.1) is 5.73 Å². The summed E-state index contributed by atoms with van der Waals surface area (Å²) >= 11 is 2.20. The topological polar surface area (TPSA) is 26.3 Å². The Hall–Kier alpha value is -0.540. The molecule has 0 atom stereocenters. The monoisotopic (exact) mass is 306 g/mol. The van der Waals surface area contributed by atoms with Gasteiger partial charge in [0.1, 0.15) is 0 Å². The van der Waals surface area contributed by atoms with Crippen LogP contribution in [0.1, 0.15) is 25.7 Å². The van der Waals surface area contributed by atoms with E-state index >= 15 is 0 Å². The molecule has 0 saturated carbocycles. The number of ether oxygens (including phenoxy) is 1. The van der Waals surface area contributed by atoms with Gasteiger partial charge in [0, 0.05) is 16.4 Å². The standard InChI is InChI=1S/C11H15IO2/c1-3-10(12)8-6-4-5-7-9-11(13)14-2/h4,6H,1,5,7-9H2,2H3/b6-4-. The molecule has 0 aliphatic rings. The molecule has 0 amide bonds. The molecule has 3 heteroatoms.